The third-order valence-electron chi connectivity index (χ3n) is 3.96. The van der Waals surface area contributed by atoms with E-state index in [9.17, 15) is 14.4 Å². The van der Waals surface area contributed by atoms with Gasteiger partial charge >= 0.3 is 0 Å². The third kappa shape index (κ3) is 6.89. The summed E-state index contributed by atoms with van der Waals surface area (Å²) in [5.74, 6) is -0.179. The Balaban J connectivity index is 1.88. The molecule has 0 saturated heterocycles. The maximum Gasteiger partial charge on any atom is 0.262 e. The lowest BCUT2D eigenvalue weighted by Crippen LogP contribution is -2.27. The quantitative estimate of drug-likeness (QED) is 0.456. The van der Waals surface area contributed by atoms with E-state index in [2.05, 4.69) is 10.6 Å². The molecular formula is C21H23ClN2O5. The number of benzene rings is 2. The molecule has 0 aromatic heterocycles. The van der Waals surface area contributed by atoms with Crippen LogP contribution in [0.25, 0.3) is 0 Å². The summed E-state index contributed by atoms with van der Waals surface area (Å²) in [5, 5.41) is 5.55. The first kappa shape index (κ1) is 22.4. The van der Waals surface area contributed by atoms with Gasteiger partial charge in [-0.3, -0.25) is 14.4 Å². The SMILES string of the molecule is CCC(=O)c1ccc(OCC(=O)Nc2ccc(C(=O)NCCOC)c(Cl)c2)cc1. The number of carbonyl (C=O) groups excluding carboxylic acids is 3. The number of ketones is 1. The van der Waals surface area contributed by atoms with E-state index in [1.165, 1.54) is 12.1 Å². The molecule has 0 heterocycles. The lowest BCUT2D eigenvalue weighted by Gasteiger charge is -2.10. The van der Waals surface area contributed by atoms with Crippen LogP contribution in [0.15, 0.2) is 42.5 Å². The molecule has 0 atom stereocenters. The molecule has 154 valence electrons. The Bertz CT molecular complexity index is 868. The molecular weight excluding hydrogens is 396 g/mol. The number of hydrogen-bond acceptors (Lipinski definition) is 5. The van der Waals surface area contributed by atoms with Crippen molar-refractivity contribution in [3.8, 4) is 5.75 Å². The van der Waals surface area contributed by atoms with E-state index in [4.69, 9.17) is 21.1 Å². The highest BCUT2D eigenvalue weighted by molar-refractivity contribution is 6.34. The van der Waals surface area contributed by atoms with Crippen molar-refractivity contribution in [2.75, 3.05) is 32.2 Å². The minimum Gasteiger partial charge on any atom is -0.484 e. The van der Waals surface area contributed by atoms with Gasteiger partial charge in [-0.15, -0.1) is 0 Å². The molecule has 0 fully saturated rings. The summed E-state index contributed by atoms with van der Waals surface area (Å²) in [5.41, 5.74) is 1.35. The predicted molar refractivity (Wildman–Crippen MR) is 111 cm³/mol. The van der Waals surface area contributed by atoms with Crippen molar-refractivity contribution in [2.24, 2.45) is 0 Å². The Hall–Kier alpha value is -2.90. The molecule has 0 bridgehead atoms. The van der Waals surface area contributed by atoms with Gasteiger partial charge in [0.15, 0.2) is 12.4 Å². The van der Waals surface area contributed by atoms with Crippen LogP contribution in [0.4, 0.5) is 5.69 Å². The lowest BCUT2D eigenvalue weighted by molar-refractivity contribution is -0.118. The molecule has 2 N–H and O–H groups in total. The highest BCUT2D eigenvalue weighted by Crippen LogP contribution is 2.21. The summed E-state index contributed by atoms with van der Waals surface area (Å²) < 4.78 is 10.3. The number of ether oxygens (including phenoxy) is 2. The Morgan fingerprint density at radius 3 is 2.41 bits per heavy atom. The van der Waals surface area contributed by atoms with E-state index >= 15 is 0 Å². The number of rotatable bonds is 10. The van der Waals surface area contributed by atoms with Crippen molar-refractivity contribution in [1.29, 1.82) is 0 Å². The fraction of sp³-hybridized carbons (Fsp3) is 0.286. The molecule has 0 unspecified atom stereocenters. The van der Waals surface area contributed by atoms with Gasteiger partial charge in [0.25, 0.3) is 11.8 Å². The summed E-state index contributed by atoms with van der Waals surface area (Å²) >= 11 is 6.14. The predicted octanol–water partition coefficient (Wildman–Crippen LogP) is 3.33. The molecule has 8 heteroatoms. The Kier molecular flexibility index (Phi) is 8.64. The van der Waals surface area contributed by atoms with Gasteiger partial charge in [0.05, 0.1) is 17.2 Å². The molecule has 0 saturated carbocycles. The standard InChI is InChI=1S/C21H23ClN2O5/c1-3-19(25)14-4-7-16(8-5-14)29-13-20(26)24-15-6-9-17(18(22)12-15)21(27)23-10-11-28-2/h4-9,12H,3,10-11,13H2,1-2H3,(H,23,27)(H,24,26). The van der Waals surface area contributed by atoms with Gasteiger partial charge in [-0.1, -0.05) is 18.5 Å². The van der Waals surface area contributed by atoms with Crippen LogP contribution >= 0.6 is 11.6 Å². The van der Waals surface area contributed by atoms with Gasteiger partial charge in [0.2, 0.25) is 0 Å². The number of methoxy groups -OCH3 is 1. The highest BCUT2D eigenvalue weighted by atomic mass is 35.5. The lowest BCUT2D eigenvalue weighted by atomic mass is 10.1. The van der Waals surface area contributed by atoms with Crippen LogP contribution in [-0.4, -0.2) is 44.5 Å². The molecule has 2 aromatic carbocycles. The molecule has 0 radical (unpaired) electrons. The number of carbonyl (C=O) groups is 3. The number of Topliss-reactive ketones (excluding diaryl/α,β-unsaturated/α-hetero) is 1. The van der Waals surface area contributed by atoms with Crippen molar-refractivity contribution in [2.45, 2.75) is 13.3 Å². The van der Waals surface area contributed by atoms with Crippen LogP contribution in [0.2, 0.25) is 5.02 Å². The van der Waals surface area contributed by atoms with Crippen molar-refractivity contribution in [3.63, 3.8) is 0 Å². The first-order chi connectivity index (χ1) is 13.9. The number of nitrogens with one attached hydrogen (secondary N) is 2. The summed E-state index contributed by atoms with van der Waals surface area (Å²) in [7, 11) is 1.54. The van der Waals surface area contributed by atoms with Crippen LogP contribution < -0.4 is 15.4 Å². The van der Waals surface area contributed by atoms with Gasteiger partial charge in [0, 0.05) is 31.3 Å². The number of amides is 2. The first-order valence-electron chi connectivity index (χ1n) is 9.07. The molecule has 2 rings (SSSR count). The summed E-state index contributed by atoms with van der Waals surface area (Å²) in [4.78, 5) is 35.7. The second kappa shape index (κ2) is 11.2. The van der Waals surface area contributed by atoms with E-state index in [1.54, 1.807) is 44.4 Å². The number of hydrogen-bond donors (Lipinski definition) is 2. The molecule has 2 amide bonds. The van der Waals surface area contributed by atoms with Crippen LogP contribution in [0.1, 0.15) is 34.1 Å². The topological polar surface area (TPSA) is 93.7 Å². The molecule has 0 spiro atoms. The summed E-state index contributed by atoms with van der Waals surface area (Å²) in [6.07, 6.45) is 0.429. The first-order valence-corrected chi connectivity index (χ1v) is 9.45. The highest BCUT2D eigenvalue weighted by Gasteiger charge is 2.12. The molecule has 2 aromatic rings. The van der Waals surface area contributed by atoms with Crippen LogP contribution in [0.5, 0.6) is 5.75 Å². The maximum atomic E-state index is 12.1. The minimum atomic E-state index is -0.382. The molecule has 0 aliphatic carbocycles. The van der Waals surface area contributed by atoms with Gasteiger partial charge < -0.3 is 20.1 Å². The van der Waals surface area contributed by atoms with Crippen LogP contribution in [0.3, 0.4) is 0 Å². The second-order valence-corrected chi connectivity index (χ2v) is 6.49. The fourth-order valence-corrected chi connectivity index (χ4v) is 2.69. The second-order valence-electron chi connectivity index (χ2n) is 6.08. The largest absolute Gasteiger partial charge is 0.484 e. The van der Waals surface area contributed by atoms with Gasteiger partial charge in [-0.25, -0.2) is 0 Å². The fourth-order valence-electron chi connectivity index (χ4n) is 2.43. The van der Waals surface area contributed by atoms with Gasteiger partial charge in [-0.2, -0.15) is 0 Å². The van der Waals surface area contributed by atoms with Crippen LogP contribution in [-0.2, 0) is 9.53 Å². The summed E-state index contributed by atoms with van der Waals surface area (Å²) in [6.45, 7) is 2.35. The Morgan fingerprint density at radius 1 is 1.07 bits per heavy atom. The molecule has 29 heavy (non-hydrogen) atoms. The smallest absolute Gasteiger partial charge is 0.262 e. The Morgan fingerprint density at radius 2 is 1.79 bits per heavy atom. The van der Waals surface area contributed by atoms with Crippen molar-refractivity contribution in [1.82, 2.24) is 5.32 Å². The molecule has 0 aliphatic rings. The van der Waals surface area contributed by atoms with E-state index in [0.717, 1.165) is 0 Å². The van der Waals surface area contributed by atoms with Gasteiger partial charge in [-0.05, 0) is 42.5 Å². The maximum absolute atomic E-state index is 12.1. The van der Waals surface area contributed by atoms with Crippen molar-refractivity contribution >= 4 is 34.9 Å². The van der Waals surface area contributed by atoms with E-state index in [0.29, 0.717) is 42.1 Å². The van der Waals surface area contributed by atoms with Gasteiger partial charge in [0.1, 0.15) is 5.75 Å². The van der Waals surface area contributed by atoms with E-state index < -0.39 is 0 Å². The number of halogens is 1. The van der Waals surface area contributed by atoms with Crippen molar-refractivity contribution in [3.05, 3.63) is 58.6 Å². The molecule has 0 aliphatic heterocycles. The Labute approximate surface area is 174 Å². The monoisotopic (exact) mass is 418 g/mol. The zero-order valence-electron chi connectivity index (χ0n) is 16.3. The minimum absolute atomic E-state index is 0.0435. The average molecular weight is 419 g/mol. The average Bonchev–Trinajstić information content (AvgIpc) is 2.72. The van der Waals surface area contributed by atoms with Crippen LogP contribution in [0, 0.1) is 0 Å². The third-order valence-corrected chi connectivity index (χ3v) is 4.27. The number of anilines is 1. The zero-order chi connectivity index (χ0) is 21.2. The van der Waals surface area contributed by atoms with E-state index in [-0.39, 0.29) is 29.2 Å². The van der Waals surface area contributed by atoms with E-state index in [1.807, 2.05) is 0 Å². The molecule has 7 nitrogen and oxygen atoms in total. The normalized spacial score (nSPS) is 10.3. The summed E-state index contributed by atoms with van der Waals surface area (Å²) in [6, 6.07) is 11.2. The zero-order valence-corrected chi connectivity index (χ0v) is 17.0. The van der Waals surface area contributed by atoms with Crippen molar-refractivity contribution < 1.29 is 23.9 Å².